The van der Waals surface area contributed by atoms with Gasteiger partial charge >= 0.3 is 11.7 Å². The Bertz CT molecular complexity index is 1660. The number of nitrogens with two attached hydrogens (primary N) is 2. The van der Waals surface area contributed by atoms with E-state index in [2.05, 4.69) is 5.32 Å². The molecule has 3 atom stereocenters. The molecule has 2 unspecified atom stereocenters. The first-order valence-corrected chi connectivity index (χ1v) is 14.1. The molecule has 3 aliphatic rings. The molecule has 11 nitrogen and oxygen atoms in total. The lowest BCUT2D eigenvalue weighted by molar-refractivity contribution is -0.125. The molecule has 2 aliphatic carbocycles. The monoisotopic (exact) mass is 584 g/mol. The average Bonchev–Trinajstić information content (AvgIpc) is 3.76. The third kappa shape index (κ3) is 5.23. The van der Waals surface area contributed by atoms with Crippen LogP contribution in [0.2, 0.25) is 0 Å². The number of benzene rings is 1. The quantitative estimate of drug-likeness (QED) is 0.454. The summed E-state index contributed by atoms with van der Waals surface area (Å²) in [5.41, 5.74) is 7.11. The van der Waals surface area contributed by atoms with Crippen LogP contribution in [0, 0.1) is 23.6 Å². The largest absolute Gasteiger partial charge is 0.369 e. The molecule has 0 bridgehead atoms. The number of amides is 4. The zero-order chi connectivity index (χ0) is 30.5. The van der Waals surface area contributed by atoms with Crippen molar-refractivity contribution in [2.45, 2.75) is 57.8 Å². The van der Waals surface area contributed by atoms with Crippen molar-refractivity contribution in [3.05, 3.63) is 62.6 Å². The first-order chi connectivity index (χ1) is 19.8. The van der Waals surface area contributed by atoms with Gasteiger partial charge in [0.15, 0.2) is 0 Å². The number of nitrogens with zero attached hydrogens (tertiary/aromatic N) is 3. The number of alkyl halides is 1. The summed E-state index contributed by atoms with van der Waals surface area (Å²) in [6, 6.07) is 1.19. The maximum atomic E-state index is 16.5. The zero-order valence-electron chi connectivity index (χ0n) is 23.4. The number of rotatable bonds is 7. The van der Waals surface area contributed by atoms with Crippen LogP contribution in [0.25, 0.3) is 10.9 Å². The number of urea groups is 1. The van der Waals surface area contributed by atoms with Gasteiger partial charge in [0.05, 0.1) is 22.5 Å². The minimum atomic E-state index is -2.37. The summed E-state index contributed by atoms with van der Waals surface area (Å²) in [4.78, 5) is 64.9. The van der Waals surface area contributed by atoms with E-state index in [-0.39, 0.29) is 60.2 Å². The molecular formula is C29H34F2N6O5. The molecular weight excluding hydrogens is 550 g/mol. The van der Waals surface area contributed by atoms with Gasteiger partial charge in [-0.3, -0.25) is 23.5 Å². The van der Waals surface area contributed by atoms with E-state index in [1.54, 1.807) is 13.8 Å². The van der Waals surface area contributed by atoms with Crippen molar-refractivity contribution in [1.82, 2.24) is 14.0 Å². The van der Waals surface area contributed by atoms with Crippen LogP contribution in [0.3, 0.4) is 0 Å². The number of halogens is 2. The third-order valence-corrected chi connectivity index (χ3v) is 8.40. The molecule has 4 amide bonds. The second-order valence-electron chi connectivity index (χ2n) is 11.7. The van der Waals surface area contributed by atoms with Gasteiger partial charge in [0.1, 0.15) is 11.5 Å². The summed E-state index contributed by atoms with van der Waals surface area (Å²) in [7, 11) is 0. The number of carbonyl (C=O) groups excluding carboxylic acids is 3. The van der Waals surface area contributed by atoms with Gasteiger partial charge < -0.3 is 21.7 Å². The zero-order valence-corrected chi connectivity index (χ0v) is 23.4. The Morgan fingerprint density at radius 1 is 1.14 bits per heavy atom. The number of primary amides is 2. The minimum absolute atomic E-state index is 0.0855. The lowest BCUT2D eigenvalue weighted by atomic mass is 9.71. The maximum Gasteiger partial charge on any atom is 0.331 e. The Kier molecular flexibility index (Phi) is 7.54. The number of nitrogens with one attached hydrogen (secondary N) is 1. The number of piperidine rings is 1. The lowest BCUT2D eigenvalue weighted by Gasteiger charge is -2.42. The smallest absolute Gasteiger partial charge is 0.331 e. The molecule has 5 N–H and O–H groups in total. The highest BCUT2D eigenvalue weighted by Gasteiger charge is 2.49. The van der Waals surface area contributed by atoms with Crippen molar-refractivity contribution in [3.8, 4) is 0 Å². The van der Waals surface area contributed by atoms with Crippen LogP contribution < -0.4 is 28.0 Å². The maximum absolute atomic E-state index is 16.5. The van der Waals surface area contributed by atoms with E-state index < -0.39 is 52.4 Å². The summed E-state index contributed by atoms with van der Waals surface area (Å²) in [6.07, 6.45) is 5.96. The molecule has 1 aliphatic heterocycles. The molecule has 1 saturated carbocycles. The Morgan fingerprint density at radius 2 is 1.86 bits per heavy atom. The number of likely N-dealkylation sites (tertiary alicyclic amines) is 1. The Balaban J connectivity index is 1.45. The molecule has 1 aromatic heterocycles. The van der Waals surface area contributed by atoms with Gasteiger partial charge in [-0.2, -0.15) is 0 Å². The van der Waals surface area contributed by atoms with E-state index in [4.69, 9.17) is 11.5 Å². The van der Waals surface area contributed by atoms with Crippen LogP contribution in [0.4, 0.5) is 19.3 Å². The number of anilines is 1. The van der Waals surface area contributed by atoms with Crippen LogP contribution in [0.15, 0.2) is 45.5 Å². The molecule has 1 aromatic carbocycles. The van der Waals surface area contributed by atoms with E-state index in [1.807, 2.05) is 0 Å². The van der Waals surface area contributed by atoms with Crippen LogP contribution in [-0.2, 0) is 16.1 Å². The predicted octanol–water partition coefficient (Wildman–Crippen LogP) is 2.33. The molecule has 42 heavy (non-hydrogen) atoms. The van der Waals surface area contributed by atoms with E-state index >= 15 is 8.78 Å². The molecule has 5 rings (SSSR count). The number of hydrogen-bond donors (Lipinski definition) is 3. The lowest BCUT2D eigenvalue weighted by Crippen LogP contribution is -2.53. The summed E-state index contributed by atoms with van der Waals surface area (Å²) < 4.78 is 34.3. The third-order valence-electron chi connectivity index (χ3n) is 8.40. The van der Waals surface area contributed by atoms with Gasteiger partial charge in [-0.05, 0) is 57.6 Å². The average molecular weight is 585 g/mol. The highest BCUT2D eigenvalue weighted by molar-refractivity contribution is 5.96. The minimum Gasteiger partial charge on any atom is -0.369 e. The molecule has 0 radical (unpaired) electrons. The summed E-state index contributed by atoms with van der Waals surface area (Å²) in [5.74, 6) is -4.69. The fourth-order valence-corrected chi connectivity index (χ4v) is 5.99. The SMILES string of the molecule is CC(C)n1c(=O)n(CC2CC2)c(=O)c2cc(NC(=O)N3CCC[C@@H](C4(F)C=C(C(N)=O)C=CC4C(N)=O)C3)c(F)cc21. The van der Waals surface area contributed by atoms with E-state index in [1.165, 1.54) is 32.3 Å². The van der Waals surface area contributed by atoms with Crippen molar-refractivity contribution >= 4 is 34.4 Å². The Hall–Kier alpha value is -4.29. The number of allylic oxidation sites excluding steroid dienone is 1. The molecule has 2 heterocycles. The van der Waals surface area contributed by atoms with Gasteiger partial charge in [0.2, 0.25) is 11.8 Å². The van der Waals surface area contributed by atoms with Crippen molar-refractivity contribution in [3.63, 3.8) is 0 Å². The van der Waals surface area contributed by atoms with Gasteiger partial charge in [-0.15, -0.1) is 0 Å². The van der Waals surface area contributed by atoms with E-state index in [0.717, 1.165) is 25.0 Å². The Labute approximate surface area is 239 Å². The number of hydrogen-bond acceptors (Lipinski definition) is 5. The van der Waals surface area contributed by atoms with E-state index in [9.17, 15) is 24.0 Å². The topological polar surface area (TPSA) is 163 Å². The standard InChI is InChI=1S/C29H34F2N6O5/c1-15(2)37-23-11-21(30)22(10-19(23)26(40)36(28(37)42)13-16-5-6-16)34-27(41)35-9-3-4-18(14-35)29(31)12-17(24(32)38)7-8-20(29)25(33)39/h7-8,10-12,15-16,18,20H,3-6,9,13-14H2,1-2H3,(H2,32,38)(H2,33,39)(H,34,41)/t18-,20?,29?/m1/s1. The number of carbonyl (C=O) groups is 3. The predicted molar refractivity (Wildman–Crippen MR) is 152 cm³/mol. The van der Waals surface area contributed by atoms with Crippen molar-refractivity contribution in [2.75, 3.05) is 18.4 Å². The van der Waals surface area contributed by atoms with Crippen molar-refractivity contribution in [1.29, 1.82) is 0 Å². The summed E-state index contributed by atoms with van der Waals surface area (Å²) in [6.45, 7) is 3.86. The highest BCUT2D eigenvalue weighted by atomic mass is 19.1. The van der Waals surface area contributed by atoms with Gasteiger partial charge in [0.25, 0.3) is 5.56 Å². The normalized spacial score (nSPS) is 24.1. The summed E-state index contributed by atoms with van der Waals surface area (Å²) >= 11 is 0. The van der Waals surface area contributed by atoms with Gasteiger partial charge in [0, 0.05) is 43.2 Å². The fraction of sp³-hybridized carbons (Fsp3) is 0.483. The highest BCUT2D eigenvalue weighted by Crippen LogP contribution is 2.42. The van der Waals surface area contributed by atoms with Gasteiger partial charge in [-0.25, -0.2) is 18.4 Å². The van der Waals surface area contributed by atoms with Crippen LogP contribution in [-0.4, -0.2) is 50.6 Å². The molecule has 2 fully saturated rings. The van der Waals surface area contributed by atoms with Crippen LogP contribution >= 0.6 is 0 Å². The summed E-state index contributed by atoms with van der Waals surface area (Å²) in [5, 5.41) is 2.58. The molecule has 2 aromatic rings. The second kappa shape index (κ2) is 10.8. The molecule has 224 valence electrons. The Morgan fingerprint density at radius 3 is 2.48 bits per heavy atom. The molecule has 0 spiro atoms. The number of aromatic nitrogens is 2. The first-order valence-electron chi connectivity index (χ1n) is 14.1. The van der Waals surface area contributed by atoms with Crippen molar-refractivity contribution in [2.24, 2.45) is 29.2 Å². The molecule has 13 heteroatoms. The van der Waals surface area contributed by atoms with Crippen LogP contribution in [0.5, 0.6) is 0 Å². The van der Waals surface area contributed by atoms with Crippen LogP contribution in [0.1, 0.15) is 45.6 Å². The van der Waals surface area contributed by atoms with Crippen molar-refractivity contribution < 1.29 is 23.2 Å². The fourth-order valence-electron chi connectivity index (χ4n) is 5.99. The molecule has 1 saturated heterocycles. The first kappa shape index (κ1) is 29.2. The van der Waals surface area contributed by atoms with E-state index in [0.29, 0.717) is 6.42 Å². The number of fused-ring (bicyclic) bond motifs is 1. The van der Waals surface area contributed by atoms with Gasteiger partial charge in [-0.1, -0.05) is 12.2 Å². The second-order valence-corrected chi connectivity index (χ2v) is 11.7.